The normalized spacial score (nSPS) is 20.1. The lowest BCUT2D eigenvalue weighted by atomic mass is 10.1. The molecule has 5 nitrogen and oxygen atoms in total. The predicted octanol–water partition coefficient (Wildman–Crippen LogP) is 0.898. The molecule has 2 unspecified atom stereocenters. The highest BCUT2D eigenvalue weighted by Crippen LogP contribution is 2.16. The van der Waals surface area contributed by atoms with Crippen LogP contribution in [0.15, 0.2) is 0 Å². The minimum absolute atomic E-state index is 0. The van der Waals surface area contributed by atoms with Gasteiger partial charge < -0.3 is 20.7 Å². The minimum Gasteiger partial charge on any atom is -0.383 e. The first-order chi connectivity index (χ1) is 8.52. The van der Waals surface area contributed by atoms with Gasteiger partial charge in [0.15, 0.2) is 0 Å². The highest BCUT2D eigenvalue weighted by Gasteiger charge is 2.23. The molecule has 0 aliphatic carbocycles. The van der Waals surface area contributed by atoms with Crippen LogP contribution in [0.2, 0.25) is 0 Å². The molecule has 0 radical (unpaired) electrons. The van der Waals surface area contributed by atoms with Crippen LogP contribution in [0.1, 0.15) is 20.3 Å². The molecule has 1 amide bonds. The Morgan fingerprint density at radius 2 is 2.10 bits per heavy atom. The predicted molar refractivity (Wildman–Crippen MR) is 86.7 cm³/mol. The number of nitrogens with one attached hydrogen (secondary N) is 1. The van der Waals surface area contributed by atoms with E-state index in [1.54, 1.807) is 7.11 Å². The third kappa shape index (κ3) is 8.27. The quantitative estimate of drug-likeness (QED) is 0.728. The number of nitrogens with zero attached hydrogens (tertiary/aromatic N) is 1. The van der Waals surface area contributed by atoms with Gasteiger partial charge in [0, 0.05) is 26.7 Å². The number of ether oxygens (including phenoxy) is 1. The van der Waals surface area contributed by atoms with Crippen LogP contribution in [0.25, 0.3) is 0 Å². The SMILES string of the molecule is COCC(N)C(=O)NCC1CCN(CC(C)C)C1.Cl.Cl. The summed E-state index contributed by atoms with van der Waals surface area (Å²) in [6, 6.07) is -0.553. The Balaban J connectivity index is 0. The Labute approximate surface area is 134 Å². The Hall–Kier alpha value is -0.0700. The maximum absolute atomic E-state index is 11.6. The van der Waals surface area contributed by atoms with Crippen LogP contribution in [-0.2, 0) is 9.53 Å². The van der Waals surface area contributed by atoms with E-state index < -0.39 is 6.04 Å². The van der Waals surface area contributed by atoms with Crippen molar-refractivity contribution < 1.29 is 9.53 Å². The Bertz CT molecular complexity index is 268. The van der Waals surface area contributed by atoms with Crippen molar-refractivity contribution in [2.24, 2.45) is 17.6 Å². The van der Waals surface area contributed by atoms with E-state index in [-0.39, 0.29) is 37.3 Å². The second kappa shape index (κ2) is 11.6. The Morgan fingerprint density at radius 3 is 2.65 bits per heavy atom. The second-order valence-electron chi connectivity index (χ2n) is 5.62. The third-order valence-electron chi connectivity index (χ3n) is 3.24. The lowest BCUT2D eigenvalue weighted by molar-refractivity contribution is -0.123. The van der Waals surface area contributed by atoms with E-state index in [1.165, 1.54) is 0 Å². The number of hydrogen-bond donors (Lipinski definition) is 2. The van der Waals surface area contributed by atoms with Crippen LogP contribution < -0.4 is 11.1 Å². The van der Waals surface area contributed by atoms with Crippen LogP contribution in [0.4, 0.5) is 0 Å². The van der Waals surface area contributed by atoms with Gasteiger partial charge in [-0.25, -0.2) is 0 Å². The van der Waals surface area contributed by atoms with Gasteiger partial charge in [-0.1, -0.05) is 13.8 Å². The second-order valence-corrected chi connectivity index (χ2v) is 5.62. The average molecular weight is 330 g/mol. The lowest BCUT2D eigenvalue weighted by Crippen LogP contribution is -2.45. The van der Waals surface area contributed by atoms with Gasteiger partial charge in [0.2, 0.25) is 5.91 Å². The molecule has 1 saturated heterocycles. The van der Waals surface area contributed by atoms with Gasteiger partial charge in [-0.2, -0.15) is 0 Å². The summed E-state index contributed by atoms with van der Waals surface area (Å²) in [5.74, 6) is 1.15. The van der Waals surface area contributed by atoms with E-state index in [2.05, 4.69) is 24.1 Å². The van der Waals surface area contributed by atoms with Crippen molar-refractivity contribution in [2.75, 3.05) is 39.9 Å². The standard InChI is InChI=1S/C13H27N3O2.2ClH/c1-10(2)7-16-5-4-11(8-16)6-15-13(17)12(14)9-18-3;;/h10-12H,4-9,14H2,1-3H3,(H,15,17);2*1H. The maximum atomic E-state index is 11.6. The van der Waals surface area contributed by atoms with E-state index in [9.17, 15) is 4.79 Å². The maximum Gasteiger partial charge on any atom is 0.239 e. The van der Waals surface area contributed by atoms with Crippen LogP contribution in [0.5, 0.6) is 0 Å². The van der Waals surface area contributed by atoms with Gasteiger partial charge in [-0.05, 0) is 24.8 Å². The number of amides is 1. The van der Waals surface area contributed by atoms with Gasteiger partial charge in [-0.3, -0.25) is 4.79 Å². The third-order valence-corrected chi connectivity index (χ3v) is 3.24. The molecular formula is C13H29Cl2N3O2. The monoisotopic (exact) mass is 329 g/mol. The molecule has 122 valence electrons. The van der Waals surface area contributed by atoms with E-state index in [1.807, 2.05) is 0 Å². The highest BCUT2D eigenvalue weighted by atomic mass is 35.5. The summed E-state index contributed by atoms with van der Waals surface area (Å²) < 4.78 is 4.86. The zero-order valence-electron chi connectivity index (χ0n) is 12.6. The number of nitrogens with two attached hydrogens (primary N) is 1. The number of hydrogen-bond acceptors (Lipinski definition) is 4. The van der Waals surface area contributed by atoms with E-state index >= 15 is 0 Å². The molecule has 0 bridgehead atoms. The average Bonchev–Trinajstić information content (AvgIpc) is 2.73. The summed E-state index contributed by atoms with van der Waals surface area (Å²) in [4.78, 5) is 14.1. The van der Waals surface area contributed by atoms with Crippen molar-refractivity contribution in [1.82, 2.24) is 10.2 Å². The van der Waals surface area contributed by atoms with Gasteiger partial charge in [-0.15, -0.1) is 24.8 Å². The fourth-order valence-electron chi connectivity index (χ4n) is 2.39. The fourth-order valence-corrected chi connectivity index (χ4v) is 2.39. The molecule has 1 aliphatic rings. The van der Waals surface area contributed by atoms with Crippen molar-refractivity contribution in [1.29, 1.82) is 0 Å². The zero-order valence-corrected chi connectivity index (χ0v) is 14.3. The molecule has 1 heterocycles. The summed E-state index contributed by atoms with van der Waals surface area (Å²) in [6.07, 6.45) is 1.16. The molecule has 20 heavy (non-hydrogen) atoms. The van der Waals surface area contributed by atoms with Gasteiger partial charge in [0.25, 0.3) is 0 Å². The smallest absolute Gasteiger partial charge is 0.239 e. The van der Waals surface area contributed by atoms with Crippen molar-refractivity contribution >= 4 is 30.7 Å². The number of rotatable bonds is 7. The Morgan fingerprint density at radius 1 is 1.45 bits per heavy atom. The molecule has 0 saturated carbocycles. The van der Waals surface area contributed by atoms with Gasteiger partial charge in [0.05, 0.1) is 6.61 Å². The molecule has 7 heteroatoms. The zero-order chi connectivity index (χ0) is 13.5. The number of halogens is 2. The van der Waals surface area contributed by atoms with Crippen LogP contribution in [-0.4, -0.2) is 56.7 Å². The van der Waals surface area contributed by atoms with Crippen molar-refractivity contribution in [2.45, 2.75) is 26.3 Å². The van der Waals surface area contributed by atoms with E-state index in [0.29, 0.717) is 11.8 Å². The summed E-state index contributed by atoms with van der Waals surface area (Å²) in [5, 5.41) is 2.91. The first-order valence-electron chi connectivity index (χ1n) is 6.77. The molecule has 1 fully saturated rings. The van der Waals surface area contributed by atoms with Crippen molar-refractivity contribution in [3.63, 3.8) is 0 Å². The number of carbonyl (C=O) groups excluding carboxylic acids is 1. The van der Waals surface area contributed by atoms with Gasteiger partial charge in [0.1, 0.15) is 6.04 Å². The summed E-state index contributed by atoms with van der Waals surface area (Å²) in [6.45, 7) is 8.84. The summed E-state index contributed by atoms with van der Waals surface area (Å²) in [5.41, 5.74) is 5.66. The van der Waals surface area contributed by atoms with Crippen LogP contribution >= 0.6 is 24.8 Å². The van der Waals surface area contributed by atoms with Crippen molar-refractivity contribution in [3.05, 3.63) is 0 Å². The highest BCUT2D eigenvalue weighted by molar-refractivity contribution is 5.85. The van der Waals surface area contributed by atoms with Gasteiger partial charge >= 0.3 is 0 Å². The number of methoxy groups -OCH3 is 1. The molecule has 1 aliphatic heterocycles. The van der Waals surface area contributed by atoms with Crippen LogP contribution in [0, 0.1) is 11.8 Å². The van der Waals surface area contributed by atoms with Crippen LogP contribution in [0.3, 0.4) is 0 Å². The summed E-state index contributed by atoms with van der Waals surface area (Å²) in [7, 11) is 1.55. The Kier molecular flexibility index (Phi) is 12.9. The molecule has 1 rings (SSSR count). The molecule has 0 spiro atoms. The number of carbonyl (C=O) groups is 1. The van der Waals surface area contributed by atoms with E-state index in [0.717, 1.165) is 32.6 Å². The fraction of sp³-hybridized carbons (Fsp3) is 0.923. The lowest BCUT2D eigenvalue weighted by Gasteiger charge is -2.18. The molecule has 2 atom stereocenters. The first-order valence-corrected chi connectivity index (χ1v) is 6.77. The molecule has 0 aromatic rings. The molecule has 3 N–H and O–H groups in total. The molecule has 0 aromatic carbocycles. The largest absolute Gasteiger partial charge is 0.383 e. The summed E-state index contributed by atoms with van der Waals surface area (Å²) >= 11 is 0. The first kappa shape index (κ1) is 22.2. The molecule has 0 aromatic heterocycles. The minimum atomic E-state index is -0.553. The van der Waals surface area contributed by atoms with E-state index in [4.69, 9.17) is 10.5 Å². The molecular weight excluding hydrogens is 301 g/mol. The topological polar surface area (TPSA) is 67.6 Å². The van der Waals surface area contributed by atoms with Crippen molar-refractivity contribution in [3.8, 4) is 0 Å². The number of likely N-dealkylation sites (tertiary alicyclic amines) is 1.